The zero-order valence-corrected chi connectivity index (χ0v) is 16.1. The molecule has 0 spiro atoms. The zero-order valence-electron chi connectivity index (χ0n) is 16.1. The topological polar surface area (TPSA) is 49.7 Å². The SMILES string of the molecule is CCCCCCCCC1=CC2=C(CC1)N1C(=O)C3C=CC=CC3N=C1C2=O. The predicted molar refractivity (Wildman–Crippen MR) is 107 cm³/mol. The highest BCUT2D eigenvalue weighted by Gasteiger charge is 2.46. The molecule has 4 rings (SSSR count). The molecule has 0 aromatic heterocycles. The second kappa shape index (κ2) is 7.79. The maximum atomic E-state index is 13.0. The van der Waals surface area contributed by atoms with Crippen molar-refractivity contribution in [2.24, 2.45) is 10.9 Å². The molecule has 2 aliphatic heterocycles. The number of amidine groups is 1. The minimum absolute atomic E-state index is 0.00303. The van der Waals surface area contributed by atoms with Gasteiger partial charge in [-0.25, -0.2) is 0 Å². The second-order valence-electron chi connectivity index (χ2n) is 7.92. The van der Waals surface area contributed by atoms with Gasteiger partial charge in [0.25, 0.3) is 0 Å². The molecule has 4 aliphatic rings. The van der Waals surface area contributed by atoms with E-state index in [-0.39, 0.29) is 23.7 Å². The lowest BCUT2D eigenvalue weighted by Gasteiger charge is -2.32. The fourth-order valence-corrected chi connectivity index (χ4v) is 4.47. The van der Waals surface area contributed by atoms with Gasteiger partial charge in [0.1, 0.15) is 0 Å². The van der Waals surface area contributed by atoms with Gasteiger partial charge in [-0.15, -0.1) is 0 Å². The van der Waals surface area contributed by atoms with Crippen molar-refractivity contribution >= 4 is 17.5 Å². The lowest BCUT2D eigenvalue weighted by atomic mass is 9.91. The van der Waals surface area contributed by atoms with Crippen LogP contribution in [0.5, 0.6) is 0 Å². The number of fused-ring (bicyclic) bond motifs is 3. The van der Waals surface area contributed by atoms with Crippen molar-refractivity contribution in [1.29, 1.82) is 0 Å². The molecule has 0 aromatic carbocycles. The maximum Gasteiger partial charge on any atom is 0.242 e. The highest BCUT2D eigenvalue weighted by Crippen LogP contribution is 2.39. The van der Waals surface area contributed by atoms with Crippen LogP contribution < -0.4 is 0 Å². The van der Waals surface area contributed by atoms with Crippen molar-refractivity contribution in [2.45, 2.75) is 70.8 Å². The lowest BCUT2D eigenvalue weighted by molar-refractivity contribution is -0.130. The van der Waals surface area contributed by atoms with Crippen molar-refractivity contribution in [2.75, 3.05) is 0 Å². The molecule has 0 N–H and O–H groups in total. The molecule has 2 unspecified atom stereocenters. The van der Waals surface area contributed by atoms with E-state index in [4.69, 9.17) is 0 Å². The van der Waals surface area contributed by atoms with Gasteiger partial charge in [0.15, 0.2) is 5.84 Å². The Labute approximate surface area is 161 Å². The molecule has 0 saturated heterocycles. The first kappa shape index (κ1) is 18.1. The Morgan fingerprint density at radius 2 is 1.81 bits per heavy atom. The predicted octanol–water partition coefficient (Wildman–Crippen LogP) is 4.65. The quantitative estimate of drug-likeness (QED) is 0.618. The smallest absolute Gasteiger partial charge is 0.242 e. The van der Waals surface area contributed by atoms with Crippen molar-refractivity contribution in [3.05, 3.63) is 47.2 Å². The number of hydrogen-bond acceptors (Lipinski definition) is 3. The normalized spacial score (nSPS) is 26.0. The maximum absolute atomic E-state index is 13.0. The van der Waals surface area contributed by atoms with Crippen LogP contribution in [0.4, 0.5) is 0 Å². The fourth-order valence-electron chi connectivity index (χ4n) is 4.47. The fraction of sp³-hybridized carbons (Fsp3) is 0.522. The standard InChI is InChI=1S/C23H28N2O2/c1-2-3-4-5-6-7-10-16-13-14-20-18(15-16)21(26)22-24-19-12-9-8-11-17(19)23(27)25(20)22/h8-9,11-12,15,17,19H,2-7,10,13-14H2,1H3. The van der Waals surface area contributed by atoms with Crippen LogP contribution in [0.1, 0.15) is 64.7 Å². The number of rotatable bonds is 7. The van der Waals surface area contributed by atoms with E-state index in [1.165, 1.54) is 44.1 Å². The Morgan fingerprint density at radius 1 is 1.04 bits per heavy atom. The number of Topliss-reactive ketones (excluding diaryl/α,β-unsaturated/α-hetero) is 1. The van der Waals surface area contributed by atoms with Gasteiger partial charge in [-0.2, -0.15) is 0 Å². The molecular formula is C23H28N2O2. The average molecular weight is 364 g/mol. The number of aliphatic imine (C=N–C) groups is 1. The van der Waals surface area contributed by atoms with E-state index in [0.29, 0.717) is 11.4 Å². The lowest BCUT2D eigenvalue weighted by Crippen LogP contribution is -2.47. The van der Waals surface area contributed by atoms with Crippen LogP contribution in [0.2, 0.25) is 0 Å². The molecular weight excluding hydrogens is 336 g/mol. The molecule has 142 valence electrons. The summed E-state index contributed by atoms with van der Waals surface area (Å²) in [6.07, 6.45) is 20.1. The molecule has 4 nitrogen and oxygen atoms in total. The number of hydrogen-bond donors (Lipinski definition) is 0. The summed E-state index contributed by atoms with van der Waals surface area (Å²) in [5.41, 5.74) is 2.93. The molecule has 0 bridgehead atoms. The Hall–Kier alpha value is -2.23. The molecule has 2 atom stereocenters. The average Bonchev–Trinajstić information content (AvgIpc) is 2.97. The summed E-state index contributed by atoms with van der Waals surface area (Å²) >= 11 is 0. The Kier molecular flexibility index (Phi) is 5.24. The van der Waals surface area contributed by atoms with E-state index in [9.17, 15) is 9.59 Å². The van der Waals surface area contributed by atoms with Crippen molar-refractivity contribution in [1.82, 2.24) is 4.90 Å². The third-order valence-electron chi connectivity index (χ3n) is 6.01. The largest absolute Gasteiger partial charge is 0.285 e. The summed E-state index contributed by atoms with van der Waals surface area (Å²) in [6.45, 7) is 2.24. The monoisotopic (exact) mass is 364 g/mol. The number of carbonyl (C=O) groups is 2. The summed E-state index contributed by atoms with van der Waals surface area (Å²) in [4.78, 5) is 32.1. The van der Waals surface area contributed by atoms with E-state index in [0.717, 1.165) is 25.0 Å². The van der Waals surface area contributed by atoms with E-state index in [1.807, 2.05) is 24.3 Å². The minimum Gasteiger partial charge on any atom is -0.285 e. The summed E-state index contributed by atoms with van der Waals surface area (Å²) in [5.74, 6) is -0.00761. The van der Waals surface area contributed by atoms with Gasteiger partial charge < -0.3 is 0 Å². The number of allylic oxidation sites excluding steroid dienone is 5. The first-order valence-electron chi connectivity index (χ1n) is 10.4. The zero-order chi connectivity index (χ0) is 18.8. The molecule has 2 heterocycles. The molecule has 2 aliphatic carbocycles. The van der Waals surface area contributed by atoms with Gasteiger partial charge in [0.2, 0.25) is 11.7 Å². The third-order valence-corrected chi connectivity index (χ3v) is 6.01. The third kappa shape index (κ3) is 3.38. The van der Waals surface area contributed by atoms with E-state index < -0.39 is 0 Å². The first-order chi connectivity index (χ1) is 13.2. The van der Waals surface area contributed by atoms with Crippen LogP contribution in [0, 0.1) is 5.92 Å². The van der Waals surface area contributed by atoms with Gasteiger partial charge >= 0.3 is 0 Å². The van der Waals surface area contributed by atoms with Crippen LogP contribution in [-0.2, 0) is 9.59 Å². The number of carbonyl (C=O) groups excluding carboxylic acids is 2. The van der Waals surface area contributed by atoms with Crippen LogP contribution in [-0.4, -0.2) is 28.5 Å². The minimum atomic E-state index is -0.271. The first-order valence-corrected chi connectivity index (χ1v) is 10.4. The molecule has 27 heavy (non-hydrogen) atoms. The van der Waals surface area contributed by atoms with Gasteiger partial charge in [-0.3, -0.25) is 19.5 Å². The van der Waals surface area contributed by atoms with Crippen molar-refractivity contribution in [3.8, 4) is 0 Å². The molecule has 0 saturated carbocycles. The van der Waals surface area contributed by atoms with Gasteiger partial charge in [-0.1, -0.05) is 68.9 Å². The Balaban J connectivity index is 1.47. The molecule has 0 fully saturated rings. The van der Waals surface area contributed by atoms with E-state index >= 15 is 0 Å². The summed E-state index contributed by atoms with van der Waals surface area (Å²) < 4.78 is 0. The molecule has 1 amide bonds. The van der Waals surface area contributed by atoms with Crippen LogP contribution in [0.25, 0.3) is 0 Å². The van der Waals surface area contributed by atoms with Crippen LogP contribution in [0.15, 0.2) is 52.2 Å². The highest BCUT2D eigenvalue weighted by atomic mass is 16.2. The van der Waals surface area contributed by atoms with Crippen molar-refractivity contribution < 1.29 is 9.59 Å². The van der Waals surface area contributed by atoms with Gasteiger partial charge in [0, 0.05) is 11.3 Å². The Bertz CT molecular complexity index is 797. The summed E-state index contributed by atoms with van der Waals surface area (Å²) in [7, 11) is 0. The number of amides is 1. The van der Waals surface area contributed by atoms with Gasteiger partial charge in [0.05, 0.1) is 12.0 Å². The summed E-state index contributed by atoms with van der Waals surface area (Å²) in [6, 6.07) is -0.231. The highest BCUT2D eigenvalue weighted by molar-refractivity contribution is 6.51. The molecule has 4 heteroatoms. The second-order valence-corrected chi connectivity index (χ2v) is 7.92. The van der Waals surface area contributed by atoms with E-state index in [1.54, 1.807) is 4.90 Å². The number of nitrogens with zero attached hydrogens (tertiary/aromatic N) is 2. The molecule has 0 aromatic rings. The summed E-state index contributed by atoms with van der Waals surface area (Å²) in [5, 5.41) is 0. The molecule has 0 radical (unpaired) electrons. The Morgan fingerprint density at radius 3 is 2.67 bits per heavy atom. The number of ketones is 1. The number of unbranched alkanes of at least 4 members (excludes halogenated alkanes) is 5. The van der Waals surface area contributed by atoms with E-state index in [2.05, 4.69) is 18.0 Å². The van der Waals surface area contributed by atoms with Crippen LogP contribution >= 0.6 is 0 Å². The van der Waals surface area contributed by atoms with Crippen LogP contribution in [0.3, 0.4) is 0 Å². The van der Waals surface area contributed by atoms with Gasteiger partial charge in [-0.05, 0) is 31.8 Å². The van der Waals surface area contributed by atoms with Crippen molar-refractivity contribution in [3.63, 3.8) is 0 Å².